The number of hydrogen-bond donors (Lipinski definition) is 2. The molecule has 1 aliphatic rings. The zero-order valence-electron chi connectivity index (χ0n) is 11.3. The van der Waals surface area contributed by atoms with Crippen LogP contribution in [0.5, 0.6) is 0 Å². The topological polar surface area (TPSA) is 57.4 Å². The van der Waals surface area contributed by atoms with E-state index in [1.807, 2.05) is 18.1 Å². The molecule has 1 aliphatic heterocycles. The lowest BCUT2D eigenvalue weighted by Gasteiger charge is -2.36. The zero-order chi connectivity index (χ0) is 13.6. The van der Waals surface area contributed by atoms with Crippen molar-refractivity contribution < 1.29 is 0 Å². The summed E-state index contributed by atoms with van der Waals surface area (Å²) in [6.45, 7) is 6.18. The van der Waals surface area contributed by atoms with Gasteiger partial charge in [0.05, 0.1) is 5.54 Å². The number of fused-ring (bicyclic) bond motifs is 1. The van der Waals surface area contributed by atoms with Gasteiger partial charge >= 0.3 is 0 Å². The fourth-order valence-corrected chi connectivity index (χ4v) is 2.60. The van der Waals surface area contributed by atoms with E-state index in [-0.39, 0.29) is 5.54 Å². The number of aliphatic imine (C=N–C) groups is 1. The van der Waals surface area contributed by atoms with E-state index in [9.17, 15) is 0 Å². The van der Waals surface area contributed by atoms with Gasteiger partial charge in [0, 0.05) is 30.9 Å². The van der Waals surface area contributed by atoms with Crippen LogP contribution in [0.4, 0.5) is 0 Å². The molecule has 0 saturated carbocycles. The maximum atomic E-state index is 5.98. The van der Waals surface area contributed by atoms with Crippen molar-refractivity contribution in [3.05, 3.63) is 48.3 Å². The zero-order valence-corrected chi connectivity index (χ0v) is 11.3. The third kappa shape index (κ3) is 1.80. The molecule has 0 spiro atoms. The van der Waals surface area contributed by atoms with Crippen molar-refractivity contribution in [3.63, 3.8) is 0 Å². The van der Waals surface area contributed by atoms with Crippen molar-refractivity contribution in [3.8, 4) is 0 Å². The second-order valence-electron chi connectivity index (χ2n) is 5.33. The fraction of sp³-hybridized carbons (Fsp3) is 0.267. The Balaban J connectivity index is 2.11. The first-order valence-electron chi connectivity index (χ1n) is 6.34. The fourth-order valence-electron chi connectivity index (χ4n) is 2.60. The lowest BCUT2D eigenvalue weighted by molar-refractivity contribution is 0.401. The lowest BCUT2D eigenvalue weighted by Crippen LogP contribution is -2.42. The number of nitrogens with one attached hydrogen (secondary N) is 1. The average molecular weight is 254 g/mol. The SMILES string of the molecule is C=C1C[C@@](C)(c2ccc3[nH]ccc3c2)N=C(N)N1C. The summed E-state index contributed by atoms with van der Waals surface area (Å²) in [6.07, 6.45) is 2.72. The summed E-state index contributed by atoms with van der Waals surface area (Å²) in [4.78, 5) is 9.70. The predicted molar refractivity (Wildman–Crippen MR) is 78.8 cm³/mol. The van der Waals surface area contributed by atoms with Gasteiger partial charge < -0.3 is 15.6 Å². The molecular weight excluding hydrogens is 236 g/mol. The highest BCUT2D eigenvalue weighted by Crippen LogP contribution is 2.36. The Morgan fingerprint density at radius 2 is 2.21 bits per heavy atom. The molecule has 0 radical (unpaired) electrons. The third-order valence-corrected chi connectivity index (χ3v) is 3.90. The van der Waals surface area contributed by atoms with Gasteiger partial charge in [-0.3, -0.25) is 0 Å². The van der Waals surface area contributed by atoms with Crippen LogP contribution in [-0.4, -0.2) is 22.9 Å². The van der Waals surface area contributed by atoms with E-state index in [4.69, 9.17) is 5.73 Å². The van der Waals surface area contributed by atoms with Crippen molar-refractivity contribution in [2.75, 3.05) is 7.05 Å². The molecule has 4 nitrogen and oxygen atoms in total. The van der Waals surface area contributed by atoms with Gasteiger partial charge in [-0.2, -0.15) is 0 Å². The lowest BCUT2D eigenvalue weighted by atomic mass is 9.86. The quantitative estimate of drug-likeness (QED) is 0.821. The van der Waals surface area contributed by atoms with Gasteiger partial charge in [-0.05, 0) is 36.1 Å². The van der Waals surface area contributed by atoms with Crippen molar-refractivity contribution in [2.24, 2.45) is 10.7 Å². The molecule has 0 fully saturated rings. The Morgan fingerprint density at radius 1 is 1.42 bits per heavy atom. The normalized spacial score (nSPS) is 23.8. The van der Waals surface area contributed by atoms with Gasteiger partial charge in [0.1, 0.15) is 0 Å². The molecule has 3 rings (SSSR count). The van der Waals surface area contributed by atoms with Crippen LogP contribution >= 0.6 is 0 Å². The summed E-state index contributed by atoms with van der Waals surface area (Å²) in [5, 5.41) is 1.19. The van der Waals surface area contributed by atoms with E-state index >= 15 is 0 Å². The van der Waals surface area contributed by atoms with Gasteiger partial charge in [0.25, 0.3) is 0 Å². The molecule has 1 aromatic heterocycles. The summed E-state index contributed by atoms with van der Waals surface area (Å²) in [5.41, 5.74) is 8.94. The Kier molecular flexibility index (Phi) is 2.42. The van der Waals surface area contributed by atoms with E-state index in [1.165, 1.54) is 5.39 Å². The number of aromatic nitrogens is 1. The van der Waals surface area contributed by atoms with Crippen molar-refractivity contribution in [1.29, 1.82) is 0 Å². The molecule has 0 unspecified atom stereocenters. The van der Waals surface area contributed by atoms with Gasteiger partial charge in [-0.25, -0.2) is 4.99 Å². The number of aromatic amines is 1. The molecular formula is C15H18N4. The summed E-state index contributed by atoms with van der Waals surface area (Å²) in [6, 6.07) is 8.43. The number of hydrogen-bond acceptors (Lipinski definition) is 3. The highest BCUT2D eigenvalue weighted by Gasteiger charge is 2.33. The van der Waals surface area contributed by atoms with Crippen LogP contribution in [0.15, 0.2) is 47.7 Å². The number of rotatable bonds is 1. The van der Waals surface area contributed by atoms with Gasteiger partial charge in [-0.1, -0.05) is 12.6 Å². The van der Waals surface area contributed by atoms with Crippen LogP contribution in [0.1, 0.15) is 18.9 Å². The van der Waals surface area contributed by atoms with Crippen LogP contribution in [0.2, 0.25) is 0 Å². The van der Waals surface area contributed by atoms with Crippen LogP contribution in [0.3, 0.4) is 0 Å². The molecule has 0 bridgehead atoms. The third-order valence-electron chi connectivity index (χ3n) is 3.90. The molecule has 2 aromatic rings. The highest BCUT2D eigenvalue weighted by molar-refractivity contribution is 5.83. The number of benzene rings is 1. The largest absolute Gasteiger partial charge is 0.370 e. The Morgan fingerprint density at radius 3 is 2.95 bits per heavy atom. The summed E-state index contributed by atoms with van der Waals surface area (Å²) in [7, 11) is 1.90. The molecule has 0 aliphatic carbocycles. The van der Waals surface area contributed by atoms with E-state index < -0.39 is 0 Å². The maximum absolute atomic E-state index is 5.98. The maximum Gasteiger partial charge on any atom is 0.196 e. The van der Waals surface area contributed by atoms with Crippen LogP contribution in [-0.2, 0) is 5.54 Å². The van der Waals surface area contributed by atoms with E-state index in [0.717, 1.165) is 23.2 Å². The standard InChI is InChI=1S/C15H18N4/c1-10-9-15(2,18-14(16)19(10)3)12-4-5-13-11(8-12)6-7-17-13/h4-8,17H,1,9H2,2-3H3,(H2,16,18)/t15-/m0/s1. The average Bonchev–Trinajstić information content (AvgIpc) is 2.83. The monoisotopic (exact) mass is 254 g/mol. The molecule has 98 valence electrons. The van der Waals surface area contributed by atoms with Crippen LogP contribution in [0, 0.1) is 0 Å². The predicted octanol–water partition coefficient (Wildman–Crippen LogP) is 2.55. The van der Waals surface area contributed by atoms with Crippen molar-refractivity contribution in [1.82, 2.24) is 9.88 Å². The second kappa shape index (κ2) is 3.88. The van der Waals surface area contributed by atoms with Crippen molar-refractivity contribution >= 4 is 16.9 Å². The number of guanidine groups is 1. The van der Waals surface area contributed by atoms with Gasteiger partial charge in [-0.15, -0.1) is 0 Å². The Bertz CT molecular complexity index is 682. The Hall–Kier alpha value is -2.23. The first kappa shape index (κ1) is 11.8. The molecule has 4 heteroatoms. The van der Waals surface area contributed by atoms with Crippen molar-refractivity contribution in [2.45, 2.75) is 18.9 Å². The van der Waals surface area contributed by atoms with Gasteiger partial charge in [0.15, 0.2) is 5.96 Å². The van der Waals surface area contributed by atoms with E-state index in [1.54, 1.807) is 0 Å². The van der Waals surface area contributed by atoms with E-state index in [0.29, 0.717) is 5.96 Å². The Labute approximate surface area is 112 Å². The van der Waals surface area contributed by atoms with E-state index in [2.05, 4.69) is 47.7 Å². The minimum Gasteiger partial charge on any atom is -0.370 e. The second-order valence-corrected chi connectivity index (χ2v) is 5.33. The molecule has 19 heavy (non-hydrogen) atoms. The summed E-state index contributed by atoms with van der Waals surface area (Å²) in [5.74, 6) is 0.521. The van der Waals surface area contributed by atoms with Crippen LogP contribution < -0.4 is 5.73 Å². The molecule has 1 aromatic carbocycles. The summed E-state index contributed by atoms with van der Waals surface area (Å²) >= 11 is 0. The molecule has 0 amide bonds. The first-order chi connectivity index (χ1) is 8.99. The smallest absolute Gasteiger partial charge is 0.196 e. The molecule has 3 N–H and O–H groups in total. The number of nitrogens with zero attached hydrogens (tertiary/aromatic N) is 2. The minimum atomic E-state index is -0.334. The minimum absolute atomic E-state index is 0.334. The summed E-state index contributed by atoms with van der Waals surface area (Å²) < 4.78 is 0. The molecule has 1 atom stereocenters. The molecule has 0 saturated heterocycles. The number of nitrogens with two attached hydrogens (primary N) is 1. The highest BCUT2D eigenvalue weighted by atomic mass is 15.3. The van der Waals surface area contributed by atoms with Gasteiger partial charge in [0.2, 0.25) is 0 Å². The first-order valence-corrected chi connectivity index (χ1v) is 6.34. The van der Waals surface area contributed by atoms with Crippen LogP contribution in [0.25, 0.3) is 10.9 Å². The number of H-pyrrole nitrogens is 1. The molecule has 2 heterocycles.